The van der Waals surface area contributed by atoms with Gasteiger partial charge < -0.3 is 10.1 Å². The molecule has 1 amide bonds. The molecule has 1 aliphatic heterocycles. The predicted octanol–water partition coefficient (Wildman–Crippen LogP) is 2.78. The van der Waals surface area contributed by atoms with Crippen LogP contribution in [-0.4, -0.2) is 28.8 Å². The molecule has 0 radical (unpaired) electrons. The number of hydrogen-bond acceptors (Lipinski definition) is 4. The number of nitrogens with one attached hydrogen (secondary N) is 1. The number of carbonyl (C=O) groups is 2. The van der Waals surface area contributed by atoms with Crippen molar-refractivity contribution in [3.8, 4) is 11.3 Å². The third-order valence-corrected chi connectivity index (χ3v) is 3.43. The fourth-order valence-electron chi connectivity index (χ4n) is 2.33. The van der Waals surface area contributed by atoms with Crippen LogP contribution in [0, 0.1) is 0 Å². The van der Waals surface area contributed by atoms with Gasteiger partial charge in [0, 0.05) is 18.3 Å². The maximum absolute atomic E-state index is 12.6. The fraction of sp³-hybridized carbons (Fsp3) is 0.312. The largest absolute Gasteiger partial charge is 0.468 e. The average molecular weight is 355 g/mol. The Morgan fingerprint density at radius 1 is 1.36 bits per heavy atom. The summed E-state index contributed by atoms with van der Waals surface area (Å²) in [6.45, 7) is 2.66. The van der Waals surface area contributed by atoms with Crippen LogP contribution in [0.25, 0.3) is 11.3 Å². The van der Waals surface area contributed by atoms with Crippen LogP contribution < -0.4 is 5.32 Å². The lowest BCUT2D eigenvalue weighted by Gasteiger charge is -2.04. The topological polar surface area (TPSA) is 73.2 Å². The zero-order valence-electron chi connectivity index (χ0n) is 13.6. The summed E-state index contributed by atoms with van der Waals surface area (Å²) in [6.07, 6.45) is -4.22. The number of benzene rings is 1. The molecule has 9 heteroatoms. The average Bonchev–Trinajstić information content (AvgIpc) is 3.09. The number of carbonyl (C=O) groups excluding carboxylic acids is 2. The Balaban J connectivity index is 0.000000399. The zero-order valence-corrected chi connectivity index (χ0v) is 13.6. The number of rotatable bonds is 3. The Morgan fingerprint density at radius 2 is 2.08 bits per heavy atom. The Kier molecular flexibility index (Phi) is 5.45. The van der Waals surface area contributed by atoms with E-state index in [-0.39, 0.29) is 12.3 Å². The molecule has 1 aliphatic rings. The van der Waals surface area contributed by atoms with Crippen LogP contribution in [0.3, 0.4) is 0 Å². The number of halogens is 3. The molecule has 1 aromatic heterocycles. The highest BCUT2D eigenvalue weighted by atomic mass is 19.4. The first kappa shape index (κ1) is 18.5. The number of nitrogens with zero attached hydrogens (tertiary/aromatic N) is 2. The number of alkyl halides is 3. The van der Waals surface area contributed by atoms with E-state index in [0.717, 1.165) is 11.6 Å². The van der Waals surface area contributed by atoms with Crippen molar-refractivity contribution in [2.45, 2.75) is 19.5 Å². The highest BCUT2D eigenvalue weighted by molar-refractivity contribution is 5.99. The summed E-state index contributed by atoms with van der Waals surface area (Å²) in [4.78, 5) is 20.5. The molecule has 1 aromatic carbocycles. The normalized spacial score (nSPS) is 12.8. The molecule has 3 rings (SSSR count). The van der Waals surface area contributed by atoms with E-state index in [0.29, 0.717) is 30.0 Å². The van der Waals surface area contributed by atoms with E-state index in [2.05, 4.69) is 15.2 Å². The van der Waals surface area contributed by atoms with Crippen LogP contribution in [0.2, 0.25) is 0 Å². The van der Waals surface area contributed by atoms with Crippen molar-refractivity contribution in [1.82, 2.24) is 9.78 Å². The van der Waals surface area contributed by atoms with E-state index in [9.17, 15) is 22.8 Å². The van der Waals surface area contributed by atoms with Gasteiger partial charge in [-0.05, 0) is 30.7 Å². The van der Waals surface area contributed by atoms with Gasteiger partial charge in [-0.1, -0.05) is 6.07 Å². The van der Waals surface area contributed by atoms with Crippen LogP contribution in [0.4, 0.5) is 18.9 Å². The first-order valence-electron chi connectivity index (χ1n) is 7.36. The van der Waals surface area contributed by atoms with Gasteiger partial charge in [0.05, 0.1) is 18.7 Å². The third kappa shape index (κ3) is 4.37. The quantitative estimate of drug-likeness (QED) is 0.860. The smallest absolute Gasteiger partial charge is 0.435 e. The minimum Gasteiger partial charge on any atom is -0.468 e. The molecule has 0 atom stereocenters. The van der Waals surface area contributed by atoms with Crippen molar-refractivity contribution in [3.05, 3.63) is 35.5 Å². The molecular weight excluding hydrogens is 339 g/mol. The van der Waals surface area contributed by atoms with E-state index >= 15 is 0 Å². The first-order valence-corrected chi connectivity index (χ1v) is 7.36. The molecule has 0 saturated carbocycles. The van der Waals surface area contributed by atoms with Gasteiger partial charge in [0.25, 0.3) is 6.47 Å². The molecule has 0 saturated heterocycles. The van der Waals surface area contributed by atoms with Crippen LogP contribution >= 0.6 is 0 Å². The summed E-state index contributed by atoms with van der Waals surface area (Å²) in [5, 5.41) is 6.15. The Labute approximate surface area is 141 Å². The lowest BCUT2D eigenvalue weighted by atomic mass is 10.1. The number of aryl methyl sites for hydroxylation is 1. The van der Waals surface area contributed by atoms with Crippen molar-refractivity contribution in [3.63, 3.8) is 0 Å². The SMILES string of the molecule is CCOC=O.Cn1nc(C(F)(F)F)cc1-c1ccc2c(c1)CC(=O)N2. The summed E-state index contributed by atoms with van der Waals surface area (Å²) in [6, 6.07) is 6.08. The molecule has 134 valence electrons. The van der Waals surface area contributed by atoms with Crippen LogP contribution in [0.15, 0.2) is 24.3 Å². The molecule has 0 fully saturated rings. The van der Waals surface area contributed by atoms with Crippen LogP contribution in [0.5, 0.6) is 0 Å². The lowest BCUT2D eigenvalue weighted by molar-refractivity contribution is -0.141. The summed E-state index contributed by atoms with van der Waals surface area (Å²) in [5.74, 6) is -0.113. The van der Waals surface area contributed by atoms with Gasteiger partial charge in [-0.3, -0.25) is 14.3 Å². The number of anilines is 1. The predicted molar refractivity (Wildman–Crippen MR) is 83.7 cm³/mol. The zero-order chi connectivity index (χ0) is 18.6. The second-order valence-corrected chi connectivity index (χ2v) is 5.18. The van der Waals surface area contributed by atoms with E-state index in [1.54, 1.807) is 25.1 Å². The van der Waals surface area contributed by atoms with Gasteiger partial charge in [-0.15, -0.1) is 0 Å². The molecule has 2 aromatic rings. The molecule has 0 spiro atoms. The van der Waals surface area contributed by atoms with E-state index < -0.39 is 11.9 Å². The molecule has 1 N–H and O–H groups in total. The van der Waals surface area contributed by atoms with Gasteiger partial charge in [0.15, 0.2) is 5.69 Å². The molecule has 0 unspecified atom stereocenters. The minimum absolute atomic E-state index is 0.113. The number of fused-ring (bicyclic) bond motifs is 1. The van der Waals surface area contributed by atoms with Crippen molar-refractivity contribution in [2.24, 2.45) is 7.05 Å². The third-order valence-electron chi connectivity index (χ3n) is 3.43. The van der Waals surface area contributed by atoms with Gasteiger partial charge in [0.2, 0.25) is 5.91 Å². The summed E-state index contributed by atoms with van der Waals surface area (Å²) >= 11 is 0. The maximum Gasteiger partial charge on any atom is 0.435 e. The molecule has 2 heterocycles. The Hall–Kier alpha value is -2.84. The molecular formula is C16H16F3N3O3. The lowest BCUT2D eigenvalue weighted by Crippen LogP contribution is -2.06. The molecule has 6 nitrogen and oxygen atoms in total. The van der Waals surface area contributed by atoms with Crippen LogP contribution in [0.1, 0.15) is 18.2 Å². The number of ether oxygens (including phenoxy) is 1. The van der Waals surface area contributed by atoms with Gasteiger partial charge >= 0.3 is 6.18 Å². The molecule has 25 heavy (non-hydrogen) atoms. The van der Waals surface area contributed by atoms with Crippen molar-refractivity contribution in [2.75, 3.05) is 11.9 Å². The van der Waals surface area contributed by atoms with Crippen molar-refractivity contribution < 1.29 is 27.5 Å². The summed E-state index contributed by atoms with van der Waals surface area (Å²) in [7, 11) is 1.46. The number of amides is 1. The standard InChI is InChI=1S/C13H10F3N3O.C3H6O2/c1-19-10(6-11(18-19)13(14,15)16)7-2-3-9-8(4-7)5-12(20)17-9;1-2-5-3-4/h2-4,6H,5H2,1H3,(H,17,20);3H,2H2,1H3. The molecule has 0 bridgehead atoms. The molecule has 0 aliphatic carbocycles. The summed E-state index contributed by atoms with van der Waals surface area (Å²) in [5.41, 5.74) is 1.52. The van der Waals surface area contributed by atoms with E-state index in [4.69, 9.17) is 0 Å². The maximum atomic E-state index is 12.6. The second-order valence-electron chi connectivity index (χ2n) is 5.18. The monoisotopic (exact) mass is 355 g/mol. The van der Waals surface area contributed by atoms with Crippen molar-refractivity contribution in [1.29, 1.82) is 0 Å². The highest BCUT2D eigenvalue weighted by Gasteiger charge is 2.34. The number of hydrogen-bond donors (Lipinski definition) is 1. The van der Waals surface area contributed by atoms with Gasteiger partial charge in [-0.25, -0.2) is 0 Å². The van der Waals surface area contributed by atoms with Gasteiger partial charge in [-0.2, -0.15) is 18.3 Å². The summed E-state index contributed by atoms with van der Waals surface area (Å²) < 4.78 is 43.3. The first-order chi connectivity index (χ1) is 11.8. The number of aromatic nitrogens is 2. The van der Waals surface area contributed by atoms with Crippen LogP contribution in [-0.2, 0) is 34.0 Å². The van der Waals surface area contributed by atoms with E-state index in [1.165, 1.54) is 11.7 Å². The minimum atomic E-state index is -4.47. The second kappa shape index (κ2) is 7.37. The Morgan fingerprint density at radius 3 is 2.60 bits per heavy atom. The van der Waals surface area contributed by atoms with E-state index in [1.807, 2.05) is 0 Å². The van der Waals surface area contributed by atoms with Crippen molar-refractivity contribution >= 4 is 18.1 Å². The van der Waals surface area contributed by atoms with Gasteiger partial charge in [0.1, 0.15) is 0 Å². The highest BCUT2D eigenvalue weighted by Crippen LogP contribution is 2.33. The fourth-order valence-corrected chi connectivity index (χ4v) is 2.33. The Bertz CT molecular complexity index is 785.